The van der Waals surface area contributed by atoms with E-state index in [1.54, 1.807) is 12.1 Å². The minimum Gasteiger partial charge on any atom is -0.508 e. The standard InChI is InChI=1S/C38H46F2N2O6Si/c1-49(2,3)19-18-47-24-42-35(44)13-12-32(37(42)45)36-33(39)22-28(23-34(36)40)41-27-20-31(21-27)48-30-10-6-26(7-11-30)38(14-16-46-17-15-38)25-4-8-29(43)9-5-25/h4-11,22-23,27,31-32,41,43H,12-21,24H2,1-3H3. The van der Waals surface area contributed by atoms with Gasteiger partial charge in [-0.05, 0) is 72.8 Å². The second-order valence-electron chi connectivity index (χ2n) is 14.8. The minimum atomic E-state index is -1.35. The van der Waals surface area contributed by atoms with E-state index in [1.165, 1.54) is 17.7 Å². The summed E-state index contributed by atoms with van der Waals surface area (Å²) < 4.78 is 48.3. The molecule has 1 unspecified atom stereocenters. The van der Waals surface area contributed by atoms with E-state index in [0.717, 1.165) is 35.1 Å². The minimum absolute atomic E-state index is 0.0209. The summed E-state index contributed by atoms with van der Waals surface area (Å²) in [6, 6.07) is 18.9. The topological polar surface area (TPSA) is 97.3 Å². The maximum absolute atomic E-state index is 15.4. The number of nitrogens with one attached hydrogen (secondary N) is 1. The molecule has 49 heavy (non-hydrogen) atoms. The van der Waals surface area contributed by atoms with Crippen LogP contribution >= 0.6 is 0 Å². The first kappa shape index (κ1) is 35.0. The van der Waals surface area contributed by atoms with E-state index in [0.29, 0.717) is 38.3 Å². The number of benzene rings is 3. The Hall–Kier alpha value is -3.80. The van der Waals surface area contributed by atoms with E-state index in [9.17, 15) is 14.7 Å². The van der Waals surface area contributed by atoms with Crippen molar-refractivity contribution in [2.24, 2.45) is 0 Å². The number of rotatable bonds is 12. The van der Waals surface area contributed by atoms with E-state index in [-0.39, 0.29) is 54.4 Å². The number of ether oxygens (including phenoxy) is 3. The zero-order valence-electron chi connectivity index (χ0n) is 28.5. The lowest BCUT2D eigenvalue weighted by atomic mass is 9.69. The Morgan fingerprint density at radius 3 is 2.18 bits per heavy atom. The number of nitrogens with zero attached hydrogens (tertiary/aromatic N) is 1. The second-order valence-corrected chi connectivity index (χ2v) is 20.4. The maximum atomic E-state index is 15.4. The fourth-order valence-electron chi connectivity index (χ4n) is 7.08. The predicted molar refractivity (Wildman–Crippen MR) is 186 cm³/mol. The largest absolute Gasteiger partial charge is 0.508 e. The van der Waals surface area contributed by atoms with Crippen LogP contribution in [0.1, 0.15) is 61.1 Å². The van der Waals surface area contributed by atoms with Crippen molar-refractivity contribution in [3.05, 3.63) is 89.0 Å². The van der Waals surface area contributed by atoms with Crippen molar-refractivity contribution >= 4 is 25.6 Å². The summed E-state index contributed by atoms with van der Waals surface area (Å²) in [5, 5.41) is 13.0. The summed E-state index contributed by atoms with van der Waals surface area (Å²) in [6.45, 7) is 8.17. The number of hydrogen-bond acceptors (Lipinski definition) is 7. The third-order valence-electron chi connectivity index (χ3n) is 10.1. The number of halogens is 2. The molecule has 262 valence electrons. The van der Waals surface area contributed by atoms with Gasteiger partial charge in [-0.2, -0.15) is 0 Å². The Bertz CT molecular complexity index is 1610. The van der Waals surface area contributed by atoms with Crippen molar-refractivity contribution in [2.45, 2.75) is 87.7 Å². The molecular weight excluding hydrogens is 647 g/mol. The Balaban J connectivity index is 1.03. The molecule has 2 N–H and O–H groups in total. The van der Waals surface area contributed by atoms with Crippen LogP contribution in [-0.2, 0) is 24.5 Å². The van der Waals surface area contributed by atoms with E-state index in [1.807, 2.05) is 24.3 Å². The molecule has 1 aliphatic carbocycles. The summed E-state index contributed by atoms with van der Waals surface area (Å²) >= 11 is 0. The van der Waals surface area contributed by atoms with Crippen molar-refractivity contribution in [2.75, 3.05) is 31.9 Å². The number of likely N-dealkylation sites (tertiary alicyclic amines) is 1. The van der Waals surface area contributed by atoms with Crippen molar-refractivity contribution in [1.29, 1.82) is 0 Å². The van der Waals surface area contributed by atoms with Gasteiger partial charge < -0.3 is 24.6 Å². The molecule has 0 aromatic heterocycles. The molecule has 11 heteroatoms. The van der Waals surface area contributed by atoms with Gasteiger partial charge in [0.1, 0.15) is 36.0 Å². The van der Waals surface area contributed by atoms with Gasteiger partial charge >= 0.3 is 0 Å². The van der Waals surface area contributed by atoms with Gasteiger partial charge in [0.25, 0.3) is 0 Å². The molecule has 8 nitrogen and oxygen atoms in total. The number of phenols is 1. The molecule has 2 saturated heterocycles. The number of piperidine rings is 1. The Morgan fingerprint density at radius 1 is 0.959 bits per heavy atom. The van der Waals surface area contributed by atoms with Crippen LogP contribution in [0.25, 0.3) is 0 Å². The molecule has 3 aliphatic rings. The maximum Gasteiger partial charge on any atom is 0.238 e. The SMILES string of the molecule is C[Si](C)(C)CCOCN1C(=O)CCC(c2c(F)cc(NC3CC(Oc4ccc(C5(c6ccc(O)cc6)CCOCC5)cc4)C3)cc2F)C1=O. The first-order valence-electron chi connectivity index (χ1n) is 17.2. The van der Waals surface area contributed by atoms with Gasteiger partial charge in [0.2, 0.25) is 11.8 Å². The van der Waals surface area contributed by atoms with E-state index in [4.69, 9.17) is 14.2 Å². The van der Waals surface area contributed by atoms with Gasteiger partial charge in [0.05, 0.1) is 5.92 Å². The fraction of sp³-hybridized carbons (Fsp3) is 0.474. The third-order valence-corrected chi connectivity index (χ3v) is 11.8. The smallest absolute Gasteiger partial charge is 0.238 e. The highest BCUT2D eigenvalue weighted by atomic mass is 28.3. The summed E-state index contributed by atoms with van der Waals surface area (Å²) in [7, 11) is -1.35. The lowest BCUT2D eigenvalue weighted by Crippen LogP contribution is -2.46. The summed E-state index contributed by atoms with van der Waals surface area (Å²) in [5.74, 6) is -2.71. The van der Waals surface area contributed by atoms with Gasteiger partial charge in [-0.15, -0.1) is 0 Å². The van der Waals surface area contributed by atoms with Gasteiger partial charge in [0, 0.05) is 69.9 Å². The monoisotopic (exact) mass is 692 g/mol. The molecule has 0 bridgehead atoms. The fourth-order valence-corrected chi connectivity index (χ4v) is 7.84. The van der Waals surface area contributed by atoms with Crippen LogP contribution in [0, 0.1) is 11.6 Å². The van der Waals surface area contributed by atoms with E-state index < -0.39 is 31.5 Å². The first-order valence-corrected chi connectivity index (χ1v) is 20.9. The van der Waals surface area contributed by atoms with Crippen molar-refractivity contribution in [1.82, 2.24) is 4.90 Å². The van der Waals surface area contributed by atoms with Crippen LogP contribution in [0.3, 0.4) is 0 Å². The van der Waals surface area contributed by atoms with Crippen LogP contribution in [0.4, 0.5) is 14.5 Å². The molecule has 6 rings (SSSR count). The van der Waals surface area contributed by atoms with Crippen LogP contribution < -0.4 is 10.1 Å². The number of amides is 2. The van der Waals surface area contributed by atoms with Crippen LogP contribution in [0.15, 0.2) is 60.7 Å². The van der Waals surface area contributed by atoms with Crippen LogP contribution in [-0.4, -0.2) is 68.6 Å². The Labute approximate surface area is 287 Å². The van der Waals surface area contributed by atoms with Gasteiger partial charge in [-0.1, -0.05) is 43.9 Å². The van der Waals surface area contributed by atoms with Crippen molar-refractivity contribution < 1.29 is 37.7 Å². The number of hydrogen-bond donors (Lipinski definition) is 2. The highest BCUT2D eigenvalue weighted by Crippen LogP contribution is 2.42. The quantitative estimate of drug-likeness (QED) is 0.117. The molecule has 3 aromatic rings. The van der Waals surface area contributed by atoms with Crippen molar-refractivity contribution in [3.63, 3.8) is 0 Å². The normalized spacial score (nSPS) is 22.5. The predicted octanol–water partition coefficient (Wildman–Crippen LogP) is 7.33. The average molecular weight is 693 g/mol. The highest BCUT2D eigenvalue weighted by molar-refractivity contribution is 6.76. The van der Waals surface area contributed by atoms with Crippen LogP contribution in [0.5, 0.6) is 11.5 Å². The molecule has 0 radical (unpaired) electrons. The zero-order valence-corrected chi connectivity index (χ0v) is 29.5. The highest BCUT2D eigenvalue weighted by Gasteiger charge is 2.39. The summed E-state index contributed by atoms with van der Waals surface area (Å²) in [4.78, 5) is 26.6. The van der Waals surface area contributed by atoms with E-state index >= 15 is 8.78 Å². The number of phenolic OH excluding ortho intramolecular Hbond substituents is 1. The molecule has 0 spiro atoms. The molecule has 2 heterocycles. The molecule has 1 saturated carbocycles. The van der Waals surface area contributed by atoms with Gasteiger partial charge in [-0.25, -0.2) is 8.78 Å². The number of imide groups is 1. The molecule has 3 aromatic carbocycles. The molecular formula is C38H46F2N2O6Si. The third kappa shape index (κ3) is 8.00. The molecule has 2 amide bonds. The first-order chi connectivity index (χ1) is 23.4. The van der Waals surface area contributed by atoms with Gasteiger partial charge in [0.15, 0.2) is 0 Å². The number of anilines is 1. The lowest BCUT2D eigenvalue weighted by Gasteiger charge is -2.39. The summed E-state index contributed by atoms with van der Waals surface area (Å²) in [5.41, 5.74) is 2.12. The van der Waals surface area contributed by atoms with Crippen molar-refractivity contribution in [3.8, 4) is 11.5 Å². The average Bonchev–Trinajstić information content (AvgIpc) is 3.04. The number of carbonyl (C=O) groups is 2. The number of carbonyl (C=O) groups excluding carboxylic acids is 2. The van der Waals surface area contributed by atoms with E-state index in [2.05, 4.69) is 37.1 Å². The Kier molecular flexibility index (Phi) is 10.4. The lowest BCUT2D eigenvalue weighted by molar-refractivity contribution is -0.155. The number of aromatic hydroxyl groups is 1. The Morgan fingerprint density at radius 2 is 1.57 bits per heavy atom. The molecule has 1 atom stereocenters. The van der Waals surface area contributed by atoms with Crippen LogP contribution in [0.2, 0.25) is 25.7 Å². The second kappa shape index (κ2) is 14.6. The molecule has 2 aliphatic heterocycles. The summed E-state index contributed by atoms with van der Waals surface area (Å²) in [6.07, 6.45) is 3.06. The van der Waals surface area contributed by atoms with Gasteiger partial charge in [-0.3, -0.25) is 14.5 Å². The molecule has 3 fully saturated rings. The zero-order chi connectivity index (χ0) is 34.8.